The predicted octanol–water partition coefficient (Wildman–Crippen LogP) is 2.15. The highest BCUT2D eigenvalue weighted by Gasteiger charge is 2.36. The van der Waals surface area contributed by atoms with Gasteiger partial charge in [0.15, 0.2) is 0 Å². The second-order valence-corrected chi connectivity index (χ2v) is 5.99. The van der Waals surface area contributed by atoms with Crippen LogP contribution in [0.1, 0.15) is 19.3 Å². The molecule has 0 bridgehead atoms. The van der Waals surface area contributed by atoms with Gasteiger partial charge in [-0.25, -0.2) is 0 Å². The van der Waals surface area contributed by atoms with Crippen LogP contribution in [-0.4, -0.2) is 24.5 Å². The number of halogens is 1. The van der Waals surface area contributed by atoms with Crippen LogP contribution in [0.15, 0.2) is 24.3 Å². The molecule has 2 aliphatic rings. The molecule has 3 nitrogen and oxygen atoms in total. The second-order valence-electron chi connectivity index (χ2n) is 4.75. The highest BCUT2D eigenvalue weighted by Crippen LogP contribution is 2.26. The number of hydrogen-bond donors (Lipinski definition) is 1. The molecular formula is C13H15IN2O. The SMILES string of the molecule is O=C1C(NC2CC2)CCN1c1ccc(I)cc1. The smallest absolute Gasteiger partial charge is 0.244 e. The minimum atomic E-state index is 0.0433. The molecule has 1 atom stereocenters. The van der Waals surface area contributed by atoms with Gasteiger partial charge in [0.1, 0.15) is 0 Å². The van der Waals surface area contributed by atoms with Crippen LogP contribution in [0, 0.1) is 3.57 Å². The van der Waals surface area contributed by atoms with Crippen molar-refractivity contribution in [3.8, 4) is 0 Å². The van der Waals surface area contributed by atoms with E-state index < -0.39 is 0 Å². The van der Waals surface area contributed by atoms with Crippen LogP contribution < -0.4 is 10.2 Å². The largest absolute Gasteiger partial charge is 0.311 e. The number of hydrogen-bond acceptors (Lipinski definition) is 2. The number of nitrogens with one attached hydrogen (secondary N) is 1. The van der Waals surface area contributed by atoms with Crippen LogP contribution in [-0.2, 0) is 4.79 Å². The molecule has 1 saturated heterocycles. The van der Waals surface area contributed by atoms with Gasteiger partial charge >= 0.3 is 0 Å². The first-order chi connectivity index (χ1) is 8.24. The van der Waals surface area contributed by atoms with Gasteiger partial charge in [-0.1, -0.05) is 0 Å². The molecular weight excluding hydrogens is 327 g/mol. The quantitative estimate of drug-likeness (QED) is 0.854. The minimum Gasteiger partial charge on any atom is -0.311 e. The van der Waals surface area contributed by atoms with Crippen LogP contribution in [0.5, 0.6) is 0 Å². The van der Waals surface area contributed by atoms with Crippen molar-refractivity contribution < 1.29 is 4.79 Å². The van der Waals surface area contributed by atoms with Crippen molar-refractivity contribution in [3.63, 3.8) is 0 Å². The fraction of sp³-hybridized carbons (Fsp3) is 0.462. The molecule has 0 radical (unpaired) electrons. The van der Waals surface area contributed by atoms with Gasteiger partial charge in [0, 0.05) is 21.8 Å². The van der Waals surface area contributed by atoms with Crippen molar-refractivity contribution in [2.75, 3.05) is 11.4 Å². The number of carbonyl (C=O) groups excluding carboxylic acids is 1. The zero-order valence-corrected chi connectivity index (χ0v) is 11.7. The van der Waals surface area contributed by atoms with Gasteiger partial charge < -0.3 is 10.2 Å². The Bertz CT molecular complexity index is 428. The summed E-state index contributed by atoms with van der Waals surface area (Å²) in [4.78, 5) is 14.1. The molecule has 4 heteroatoms. The number of benzene rings is 1. The molecule has 3 rings (SSSR count). The van der Waals surface area contributed by atoms with Gasteiger partial charge in [-0.05, 0) is 66.1 Å². The molecule has 17 heavy (non-hydrogen) atoms. The second kappa shape index (κ2) is 4.57. The lowest BCUT2D eigenvalue weighted by Crippen LogP contribution is -2.39. The van der Waals surface area contributed by atoms with E-state index in [1.54, 1.807) is 0 Å². The Hall–Kier alpha value is -0.620. The number of amides is 1. The third-order valence-corrected chi connectivity index (χ3v) is 4.08. The average Bonchev–Trinajstić information content (AvgIpc) is 3.07. The molecule has 0 aromatic heterocycles. The van der Waals surface area contributed by atoms with Crippen LogP contribution >= 0.6 is 22.6 Å². The third-order valence-electron chi connectivity index (χ3n) is 3.36. The Balaban J connectivity index is 1.72. The van der Waals surface area contributed by atoms with Gasteiger partial charge in [0.2, 0.25) is 5.91 Å². The Morgan fingerprint density at radius 1 is 1.18 bits per heavy atom. The maximum absolute atomic E-state index is 12.2. The fourth-order valence-electron chi connectivity index (χ4n) is 2.25. The van der Waals surface area contributed by atoms with E-state index in [1.165, 1.54) is 16.4 Å². The minimum absolute atomic E-state index is 0.0433. The van der Waals surface area contributed by atoms with E-state index in [4.69, 9.17) is 0 Å². The summed E-state index contributed by atoms with van der Waals surface area (Å²) in [5, 5.41) is 3.42. The standard InChI is InChI=1S/C13H15IN2O/c14-9-1-5-11(6-2-9)16-8-7-12(13(16)17)15-10-3-4-10/h1-2,5-6,10,12,15H,3-4,7-8H2. The predicted molar refractivity (Wildman–Crippen MR) is 76.1 cm³/mol. The van der Waals surface area contributed by atoms with E-state index in [1.807, 2.05) is 29.2 Å². The van der Waals surface area contributed by atoms with Crippen molar-refractivity contribution in [1.29, 1.82) is 0 Å². The van der Waals surface area contributed by atoms with E-state index in [-0.39, 0.29) is 11.9 Å². The normalized spacial score (nSPS) is 24.4. The van der Waals surface area contributed by atoms with Gasteiger partial charge in [0.25, 0.3) is 0 Å². The van der Waals surface area contributed by atoms with Gasteiger partial charge in [-0.3, -0.25) is 4.79 Å². The van der Waals surface area contributed by atoms with Crippen LogP contribution in [0.3, 0.4) is 0 Å². The molecule has 1 heterocycles. The summed E-state index contributed by atoms with van der Waals surface area (Å²) < 4.78 is 1.20. The summed E-state index contributed by atoms with van der Waals surface area (Å²) in [6.45, 7) is 0.837. The Kier molecular flexibility index (Phi) is 3.08. The summed E-state index contributed by atoms with van der Waals surface area (Å²) in [6.07, 6.45) is 3.39. The molecule has 0 spiro atoms. The molecule has 2 fully saturated rings. The van der Waals surface area contributed by atoms with Gasteiger partial charge in [0.05, 0.1) is 6.04 Å². The molecule has 1 saturated carbocycles. The Morgan fingerprint density at radius 3 is 2.53 bits per heavy atom. The zero-order chi connectivity index (χ0) is 11.8. The monoisotopic (exact) mass is 342 g/mol. The first kappa shape index (κ1) is 11.5. The lowest BCUT2D eigenvalue weighted by molar-refractivity contribution is -0.118. The molecule has 1 aromatic rings. The number of carbonyl (C=O) groups is 1. The van der Waals surface area contributed by atoms with Crippen molar-refractivity contribution in [2.24, 2.45) is 0 Å². The topological polar surface area (TPSA) is 32.3 Å². The number of anilines is 1. The van der Waals surface area contributed by atoms with Gasteiger partial charge in [-0.15, -0.1) is 0 Å². The molecule has 1 N–H and O–H groups in total. The molecule has 1 amide bonds. The summed E-state index contributed by atoms with van der Waals surface area (Å²) in [5.41, 5.74) is 1.02. The summed E-state index contributed by atoms with van der Waals surface area (Å²) >= 11 is 2.28. The van der Waals surface area contributed by atoms with Crippen molar-refractivity contribution >= 4 is 34.2 Å². The molecule has 1 unspecified atom stereocenters. The summed E-state index contributed by atoms with van der Waals surface area (Å²) in [7, 11) is 0. The van der Waals surface area contributed by atoms with E-state index in [2.05, 4.69) is 27.9 Å². The third kappa shape index (κ3) is 2.47. The van der Waals surface area contributed by atoms with E-state index >= 15 is 0 Å². The molecule has 1 aliphatic heterocycles. The van der Waals surface area contributed by atoms with Gasteiger partial charge in [-0.2, -0.15) is 0 Å². The summed E-state index contributed by atoms with van der Waals surface area (Å²) in [5.74, 6) is 0.234. The average molecular weight is 342 g/mol. The molecule has 1 aliphatic carbocycles. The molecule has 1 aromatic carbocycles. The van der Waals surface area contributed by atoms with E-state index in [0.29, 0.717) is 6.04 Å². The maximum atomic E-state index is 12.2. The van der Waals surface area contributed by atoms with E-state index in [0.717, 1.165) is 18.7 Å². The Labute approximate surface area is 115 Å². The number of rotatable bonds is 3. The van der Waals surface area contributed by atoms with Crippen molar-refractivity contribution in [3.05, 3.63) is 27.8 Å². The van der Waals surface area contributed by atoms with E-state index in [9.17, 15) is 4.79 Å². The fourth-order valence-corrected chi connectivity index (χ4v) is 2.61. The first-order valence-electron chi connectivity index (χ1n) is 6.07. The van der Waals surface area contributed by atoms with Crippen molar-refractivity contribution in [1.82, 2.24) is 5.32 Å². The van der Waals surface area contributed by atoms with Crippen molar-refractivity contribution in [2.45, 2.75) is 31.3 Å². The Morgan fingerprint density at radius 2 is 1.88 bits per heavy atom. The summed E-state index contributed by atoms with van der Waals surface area (Å²) in [6, 6.07) is 8.79. The van der Waals surface area contributed by atoms with Crippen LogP contribution in [0.25, 0.3) is 0 Å². The first-order valence-corrected chi connectivity index (χ1v) is 7.15. The van der Waals surface area contributed by atoms with Crippen LogP contribution in [0.4, 0.5) is 5.69 Å². The molecule has 90 valence electrons. The maximum Gasteiger partial charge on any atom is 0.244 e. The van der Waals surface area contributed by atoms with Crippen LogP contribution in [0.2, 0.25) is 0 Å². The lowest BCUT2D eigenvalue weighted by Gasteiger charge is -2.17. The zero-order valence-electron chi connectivity index (χ0n) is 9.53. The highest BCUT2D eigenvalue weighted by atomic mass is 127. The number of nitrogens with zero attached hydrogens (tertiary/aromatic N) is 1. The highest BCUT2D eigenvalue weighted by molar-refractivity contribution is 14.1. The lowest BCUT2D eigenvalue weighted by atomic mass is 10.2.